The van der Waals surface area contributed by atoms with Gasteiger partial charge in [-0.05, 0) is 49.7 Å². The molecular formula is C21H15BrF2N4O. The number of aryl methyl sites for hydroxylation is 2. The van der Waals surface area contributed by atoms with E-state index in [1.165, 1.54) is 30.5 Å². The standard InChI is InChI=1S/C21H15BrF2N4O/c1-11-19(13-3-6-15(23)7-4-13)20-25-10-16(12(2)28(20)27-11)21(29)26-18-8-5-14(22)9-17(18)24/h3-10H,1-2H3,(H,26,29). The largest absolute Gasteiger partial charge is 0.319 e. The van der Waals surface area contributed by atoms with Crippen molar-refractivity contribution in [3.05, 3.63) is 81.7 Å². The van der Waals surface area contributed by atoms with E-state index in [2.05, 4.69) is 31.3 Å². The highest BCUT2D eigenvalue weighted by molar-refractivity contribution is 9.10. The molecule has 2 aromatic heterocycles. The predicted octanol–water partition coefficient (Wildman–Crippen LogP) is 5.31. The highest BCUT2D eigenvalue weighted by Crippen LogP contribution is 2.28. The van der Waals surface area contributed by atoms with Crippen LogP contribution in [-0.4, -0.2) is 20.5 Å². The summed E-state index contributed by atoms with van der Waals surface area (Å²) in [6.07, 6.45) is 1.44. The topological polar surface area (TPSA) is 59.3 Å². The predicted molar refractivity (Wildman–Crippen MR) is 110 cm³/mol. The highest BCUT2D eigenvalue weighted by Gasteiger charge is 2.19. The van der Waals surface area contributed by atoms with Gasteiger partial charge in [0.2, 0.25) is 0 Å². The van der Waals surface area contributed by atoms with Crippen molar-refractivity contribution >= 4 is 33.2 Å². The third kappa shape index (κ3) is 3.51. The number of benzene rings is 2. The Morgan fingerprint density at radius 2 is 1.83 bits per heavy atom. The van der Waals surface area contributed by atoms with Crippen LogP contribution in [0.4, 0.5) is 14.5 Å². The van der Waals surface area contributed by atoms with Crippen molar-refractivity contribution in [1.82, 2.24) is 14.6 Å². The lowest BCUT2D eigenvalue weighted by atomic mass is 10.1. The second-order valence-corrected chi connectivity index (χ2v) is 7.45. The summed E-state index contributed by atoms with van der Waals surface area (Å²) in [4.78, 5) is 17.1. The number of amides is 1. The van der Waals surface area contributed by atoms with E-state index in [0.717, 1.165) is 11.1 Å². The first-order valence-electron chi connectivity index (χ1n) is 8.72. The Morgan fingerprint density at radius 1 is 1.10 bits per heavy atom. The fourth-order valence-electron chi connectivity index (χ4n) is 3.16. The van der Waals surface area contributed by atoms with Crippen molar-refractivity contribution in [2.75, 3.05) is 5.32 Å². The summed E-state index contributed by atoms with van der Waals surface area (Å²) in [6.45, 7) is 3.56. The lowest BCUT2D eigenvalue weighted by molar-refractivity contribution is 0.102. The van der Waals surface area contributed by atoms with Crippen LogP contribution in [0.5, 0.6) is 0 Å². The summed E-state index contributed by atoms with van der Waals surface area (Å²) in [5.41, 5.74) is 3.69. The number of fused-ring (bicyclic) bond motifs is 1. The molecule has 0 saturated carbocycles. The van der Waals surface area contributed by atoms with Gasteiger partial charge in [-0.25, -0.2) is 18.3 Å². The van der Waals surface area contributed by atoms with Crippen LogP contribution >= 0.6 is 15.9 Å². The fraction of sp³-hybridized carbons (Fsp3) is 0.0952. The second kappa shape index (κ2) is 7.36. The third-order valence-corrected chi connectivity index (χ3v) is 5.11. The Balaban J connectivity index is 1.75. The van der Waals surface area contributed by atoms with E-state index in [4.69, 9.17) is 0 Å². The molecule has 1 amide bonds. The Hall–Kier alpha value is -3.13. The molecule has 0 fully saturated rings. The van der Waals surface area contributed by atoms with E-state index in [0.29, 0.717) is 21.5 Å². The minimum atomic E-state index is -0.548. The van der Waals surface area contributed by atoms with Crippen LogP contribution in [0.25, 0.3) is 16.8 Å². The Morgan fingerprint density at radius 3 is 2.52 bits per heavy atom. The van der Waals surface area contributed by atoms with Crippen LogP contribution in [-0.2, 0) is 0 Å². The van der Waals surface area contributed by atoms with Gasteiger partial charge in [0.1, 0.15) is 11.6 Å². The van der Waals surface area contributed by atoms with E-state index in [-0.39, 0.29) is 17.1 Å². The molecule has 0 aliphatic rings. The minimum Gasteiger partial charge on any atom is -0.319 e. The molecule has 5 nitrogen and oxygen atoms in total. The van der Waals surface area contributed by atoms with Crippen molar-refractivity contribution in [2.24, 2.45) is 0 Å². The minimum absolute atomic E-state index is 0.0707. The number of carbonyl (C=O) groups excluding carboxylic acids is 1. The van der Waals surface area contributed by atoms with Crippen molar-refractivity contribution in [2.45, 2.75) is 13.8 Å². The molecule has 0 aliphatic heterocycles. The van der Waals surface area contributed by atoms with Crippen molar-refractivity contribution < 1.29 is 13.6 Å². The highest BCUT2D eigenvalue weighted by atomic mass is 79.9. The molecule has 29 heavy (non-hydrogen) atoms. The molecule has 4 aromatic rings. The van der Waals surface area contributed by atoms with Gasteiger partial charge in [0.25, 0.3) is 5.91 Å². The summed E-state index contributed by atoms with van der Waals surface area (Å²) < 4.78 is 29.5. The smallest absolute Gasteiger partial charge is 0.259 e. The molecule has 0 saturated heterocycles. The molecule has 0 radical (unpaired) electrons. The zero-order valence-corrected chi connectivity index (χ0v) is 17.1. The number of anilines is 1. The molecule has 4 rings (SSSR count). The third-order valence-electron chi connectivity index (χ3n) is 4.62. The first-order valence-corrected chi connectivity index (χ1v) is 9.51. The average molecular weight is 457 g/mol. The molecule has 8 heteroatoms. The van der Waals surface area contributed by atoms with Crippen LogP contribution in [0, 0.1) is 25.5 Å². The molecule has 0 bridgehead atoms. The van der Waals surface area contributed by atoms with Gasteiger partial charge in [0.15, 0.2) is 5.65 Å². The maximum absolute atomic E-state index is 14.0. The van der Waals surface area contributed by atoms with Crippen molar-refractivity contribution in [3.63, 3.8) is 0 Å². The molecular weight excluding hydrogens is 442 g/mol. The summed E-state index contributed by atoms with van der Waals surface area (Å²) in [5.74, 6) is -1.37. The van der Waals surface area contributed by atoms with Gasteiger partial charge in [0, 0.05) is 16.2 Å². The second-order valence-electron chi connectivity index (χ2n) is 6.54. The van der Waals surface area contributed by atoms with Gasteiger partial charge >= 0.3 is 0 Å². The van der Waals surface area contributed by atoms with Crippen LogP contribution in [0.2, 0.25) is 0 Å². The summed E-state index contributed by atoms with van der Waals surface area (Å²) >= 11 is 3.18. The van der Waals surface area contributed by atoms with E-state index < -0.39 is 11.7 Å². The maximum atomic E-state index is 14.0. The SMILES string of the molecule is Cc1nn2c(C)c(C(=O)Nc3ccc(Br)cc3F)cnc2c1-c1ccc(F)cc1. The molecule has 2 heterocycles. The number of rotatable bonds is 3. The van der Waals surface area contributed by atoms with Gasteiger partial charge in [-0.1, -0.05) is 28.1 Å². The van der Waals surface area contributed by atoms with Crippen LogP contribution < -0.4 is 5.32 Å². The number of nitrogens with one attached hydrogen (secondary N) is 1. The number of nitrogens with zero attached hydrogens (tertiary/aromatic N) is 3. The first kappa shape index (κ1) is 19.2. The van der Waals surface area contributed by atoms with Gasteiger partial charge < -0.3 is 5.32 Å². The number of hydrogen-bond acceptors (Lipinski definition) is 3. The number of carbonyl (C=O) groups is 1. The number of halogens is 3. The molecule has 0 aliphatic carbocycles. The lowest BCUT2D eigenvalue weighted by Gasteiger charge is -2.10. The summed E-state index contributed by atoms with van der Waals surface area (Å²) in [5, 5.41) is 7.05. The summed E-state index contributed by atoms with van der Waals surface area (Å²) in [7, 11) is 0. The average Bonchev–Trinajstić information content (AvgIpc) is 3.02. The number of aromatic nitrogens is 3. The molecule has 1 N–H and O–H groups in total. The van der Waals surface area contributed by atoms with Crippen molar-refractivity contribution in [3.8, 4) is 11.1 Å². The molecule has 2 aromatic carbocycles. The maximum Gasteiger partial charge on any atom is 0.259 e. The Labute approximate surface area is 173 Å². The van der Waals surface area contributed by atoms with E-state index in [1.54, 1.807) is 29.6 Å². The fourth-order valence-corrected chi connectivity index (χ4v) is 3.49. The molecule has 146 valence electrons. The molecule has 0 spiro atoms. The van der Waals surface area contributed by atoms with Gasteiger partial charge in [-0.3, -0.25) is 4.79 Å². The monoisotopic (exact) mass is 456 g/mol. The van der Waals surface area contributed by atoms with Gasteiger partial charge in [-0.15, -0.1) is 0 Å². The Kier molecular flexibility index (Phi) is 4.87. The first-order chi connectivity index (χ1) is 13.8. The summed E-state index contributed by atoms with van der Waals surface area (Å²) in [6, 6.07) is 10.5. The van der Waals surface area contributed by atoms with Gasteiger partial charge in [-0.2, -0.15) is 5.10 Å². The normalized spacial score (nSPS) is 11.1. The Bertz CT molecular complexity index is 1250. The van der Waals surface area contributed by atoms with Crippen LogP contribution in [0.3, 0.4) is 0 Å². The van der Waals surface area contributed by atoms with Crippen LogP contribution in [0.15, 0.2) is 53.1 Å². The lowest BCUT2D eigenvalue weighted by Crippen LogP contribution is -2.17. The molecule has 0 atom stereocenters. The zero-order valence-electron chi connectivity index (χ0n) is 15.5. The number of hydrogen-bond donors (Lipinski definition) is 1. The van der Waals surface area contributed by atoms with E-state index >= 15 is 0 Å². The quantitative estimate of drug-likeness (QED) is 0.454. The zero-order chi connectivity index (χ0) is 20.7. The van der Waals surface area contributed by atoms with E-state index in [9.17, 15) is 13.6 Å². The van der Waals surface area contributed by atoms with Gasteiger partial charge in [0.05, 0.1) is 22.6 Å². The van der Waals surface area contributed by atoms with Crippen LogP contribution in [0.1, 0.15) is 21.7 Å². The van der Waals surface area contributed by atoms with E-state index in [1.807, 2.05) is 6.92 Å². The van der Waals surface area contributed by atoms with Crippen molar-refractivity contribution in [1.29, 1.82) is 0 Å². The molecule has 0 unspecified atom stereocenters.